The first-order valence-electron chi connectivity index (χ1n) is 3.88. The van der Waals surface area contributed by atoms with Crippen molar-refractivity contribution in [3.63, 3.8) is 0 Å². The molecule has 1 aromatic rings. The van der Waals surface area contributed by atoms with Gasteiger partial charge in [0.1, 0.15) is 0 Å². The Labute approximate surface area is 103 Å². The summed E-state index contributed by atoms with van der Waals surface area (Å²) in [6.45, 7) is 1.92. The lowest BCUT2D eigenvalue weighted by Crippen LogP contribution is -2.08. The van der Waals surface area contributed by atoms with Gasteiger partial charge in [-0.05, 0) is 41.6 Å². The van der Waals surface area contributed by atoms with Crippen LogP contribution in [0, 0.1) is 9.39 Å². The van der Waals surface area contributed by atoms with Crippen LogP contribution < -0.4 is 0 Å². The summed E-state index contributed by atoms with van der Waals surface area (Å²) in [4.78, 5) is 11.3. The molecule has 0 aliphatic rings. The maximum atomic E-state index is 13.4. The molecule has 0 bridgehead atoms. The molecule has 0 saturated carbocycles. The summed E-state index contributed by atoms with van der Waals surface area (Å²) in [5.74, 6) is -1.17. The molecule has 1 rings (SSSR count). The van der Waals surface area contributed by atoms with E-state index in [1.165, 1.54) is 6.07 Å². The number of halogens is 3. The summed E-state index contributed by atoms with van der Waals surface area (Å²) in [5, 5.41) is 0. The van der Waals surface area contributed by atoms with E-state index in [-0.39, 0.29) is 12.2 Å². The summed E-state index contributed by atoms with van der Waals surface area (Å²) in [6.07, 6.45) is 0. The van der Waals surface area contributed by atoms with E-state index in [0.717, 1.165) is 0 Å². The van der Waals surface area contributed by atoms with Crippen molar-refractivity contribution in [1.29, 1.82) is 0 Å². The number of ether oxygens (including phenoxy) is 1. The van der Waals surface area contributed by atoms with Crippen LogP contribution in [-0.2, 0) is 4.74 Å². The van der Waals surface area contributed by atoms with Gasteiger partial charge in [-0.25, -0.2) is 9.18 Å². The van der Waals surface area contributed by atoms with Crippen LogP contribution in [0.5, 0.6) is 0 Å². The van der Waals surface area contributed by atoms with Crippen LogP contribution in [-0.4, -0.2) is 12.6 Å². The predicted molar refractivity (Wildman–Crippen MR) is 62.8 cm³/mol. The van der Waals surface area contributed by atoms with Crippen LogP contribution in [0.25, 0.3) is 0 Å². The van der Waals surface area contributed by atoms with Gasteiger partial charge in [0.15, 0.2) is 5.82 Å². The van der Waals surface area contributed by atoms with Gasteiger partial charge in [-0.15, -0.1) is 0 Å². The Balaban J connectivity index is 3.13. The maximum Gasteiger partial charge on any atom is 0.341 e. The number of hydrogen-bond donors (Lipinski definition) is 0. The number of carbonyl (C=O) groups excluding carboxylic acids is 1. The molecule has 0 aliphatic carbocycles. The van der Waals surface area contributed by atoms with Crippen molar-refractivity contribution in [3.05, 3.63) is 31.6 Å². The van der Waals surface area contributed by atoms with Gasteiger partial charge in [0.2, 0.25) is 0 Å². The largest absolute Gasteiger partial charge is 0.462 e. The Kier molecular flexibility index (Phi) is 4.31. The highest BCUT2D eigenvalue weighted by Gasteiger charge is 2.16. The average molecular weight is 373 g/mol. The fourth-order valence-corrected chi connectivity index (χ4v) is 2.43. The van der Waals surface area contributed by atoms with Crippen LogP contribution in [0.3, 0.4) is 0 Å². The molecule has 0 N–H and O–H groups in total. The highest BCUT2D eigenvalue weighted by Crippen LogP contribution is 2.22. The molecule has 0 amide bonds. The fraction of sp³-hybridized carbons (Fsp3) is 0.222. The Morgan fingerprint density at radius 1 is 1.64 bits per heavy atom. The van der Waals surface area contributed by atoms with E-state index in [0.29, 0.717) is 8.04 Å². The minimum absolute atomic E-state index is 0.0365. The lowest BCUT2D eigenvalue weighted by Gasteiger charge is -2.05. The molecular weight excluding hydrogens is 366 g/mol. The van der Waals surface area contributed by atoms with Crippen LogP contribution >= 0.6 is 38.5 Å². The van der Waals surface area contributed by atoms with Crippen molar-refractivity contribution in [2.45, 2.75) is 6.92 Å². The molecule has 0 radical (unpaired) electrons. The zero-order chi connectivity index (χ0) is 10.7. The standard InChI is InChI=1S/C9H7BrFIO2/c1-2-14-9(13)6-3-5(10)4-7(12)8(6)11/h3-4H,2H2,1H3. The molecule has 76 valence electrons. The van der Waals surface area contributed by atoms with Crippen LogP contribution in [0.15, 0.2) is 16.6 Å². The van der Waals surface area contributed by atoms with Crippen LogP contribution in [0.2, 0.25) is 0 Å². The van der Waals surface area contributed by atoms with Gasteiger partial charge in [0.25, 0.3) is 0 Å². The van der Waals surface area contributed by atoms with Gasteiger partial charge in [0.05, 0.1) is 15.7 Å². The molecule has 0 fully saturated rings. The third-order valence-corrected chi connectivity index (χ3v) is 2.73. The van der Waals surface area contributed by atoms with Crippen molar-refractivity contribution in [2.75, 3.05) is 6.61 Å². The second-order valence-corrected chi connectivity index (χ2v) is 4.55. The van der Waals surface area contributed by atoms with Gasteiger partial charge in [-0.2, -0.15) is 0 Å². The fourth-order valence-electron chi connectivity index (χ4n) is 0.913. The number of carbonyl (C=O) groups is 1. The normalized spacial score (nSPS) is 10.0. The van der Waals surface area contributed by atoms with E-state index in [4.69, 9.17) is 4.74 Å². The maximum absolute atomic E-state index is 13.4. The molecule has 0 saturated heterocycles. The smallest absolute Gasteiger partial charge is 0.341 e. The van der Waals surface area contributed by atoms with Crippen molar-refractivity contribution >= 4 is 44.5 Å². The minimum Gasteiger partial charge on any atom is -0.462 e. The second kappa shape index (κ2) is 5.06. The van der Waals surface area contributed by atoms with E-state index in [1.807, 2.05) is 22.6 Å². The van der Waals surface area contributed by atoms with E-state index in [2.05, 4.69) is 15.9 Å². The third-order valence-electron chi connectivity index (χ3n) is 1.49. The van der Waals surface area contributed by atoms with Crippen LogP contribution in [0.1, 0.15) is 17.3 Å². The molecule has 0 aromatic heterocycles. The predicted octanol–water partition coefficient (Wildman–Crippen LogP) is 3.37. The molecule has 0 atom stereocenters. The molecule has 5 heteroatoms. The van der Waals surface area contributed by atoms with Gasteiger partial charge >= 0.3 is 5.97 Å². The summed E-state index contributed by atoms with van der Waals surface area (Å²) in [6, 6.07) is 3.01. The lowest BCUT2D eigenvalue weighted by atomic mass is 10.2. The van der Waals surface area contributed by atoms with Gasteiger partial charge in [0, 0.05) is 4.47 Å². The molecule has 0 unspecified atom stereocenters. The minimum atomic E-state index is -0.635. The number of hydrogen-bond acceptors (Lipinski definition) is 2. The molecule has 2 nitrogen and oxygen atoms in total. The van der Waals surface area contributed by atoms with Crippen LogP contribution in [0.4, 0.5) is 4.39 Å². The molecule has 0 aliphatic heterocycles. The Morgan fingerprint density at radius 2 is 2.29 bits per heavy atom. The zero-order valence-corrected chi connectivity index (χ0v) is 11.1. The quantitative estimate of drug-likeness (QED) is 0.452. The van der Waals surface area contributed by atoms with Crippen molar-refractivity contribution in [2.24, 2.45) is 0 Å². The van der Waals surface area contributed by atoms with Crippen molar-refractivity contribution in [3.8, 4) is 0 Å². The summed E-state index contributed by atoms with van der Waals surface area (Å²) in [7, 11) is 0. The first kappa shape index (κ1) is 11.9. The molecule has 14 heavy (non-hydrogen) atoms. The zero-order valence-electron chi connectivity index (χ0n) is 7.31. The highest BCUT2D eigenvalue weighted by atomic mass is 127. The van der Waals surface area contributed by atoms with Crippen molar-refractivity contribution < 1.29 is 13.9 Å². The van der Waals surface area contributed by atoms with Crippen molar-refractivity contribution in [1.82, 2.24) is 0 Å². The van der Waals surface area contributed by atoms with E-state index in [1.54, 1.807) is 13.0 Å². The molecular formula is C9H7BrFIO2. The monoisotopic (exact) mass is 372 g/mol. The second-order valence-electron chi connectivity index (χ2n) is 2.47. The Bertz CT molecular complexity index is 368. The summed E-state index contributed by atoms with van der Waals surface area (Å²) < 4.78 is 19.2. The molecule has 0 spiro atoms. The van der Waals surface area contributed by atoms with Gasteiger partial charge in [-0.1, -0.05) is 15.9 Å². The van der Waals surface area contributed by atoms with Gasteiger partial charge in [-0.3, -0.25) is 0 Å². The lowest BCUT2D eigenvalue weighted by molar-refractivity contribution is 0.0520. The van der Waals surface area contributed by atoms with Gasteiger partial charge < -0.3 is 4.74 Å². The molecule has 1 aromatic carbocycles. The average Bonchev–Trinajstić information content (AvgIpc) is 2.11. The highest BCUT2D eigenvalue weighted by molar-refractivity contribution is 14.1. The van der Waals surface area contributed by atoms with E-state index < -0.39 is 11.8 Å². The summed E-state index contributed by atoms with van der Waals surface area (Å²) in [5.41, 5.74) is -0.0365. The summed E-state index contributed by atoms with van der Waals surface area (Å²) >= 11 is 5.01. The molecule has 0 heterocycles. The first-order valence-corrected chi connectivity index (χ1v) is 5.75. The van der Waals surface area contributed by atoms with E-state index in [9.17, 15) is 9.18 Å². The van der Waals surface area contributed by atoms with E-state index >= 15 is 0 Å². The number of rotatable bonds is 2. The Morgan fingerprint density at radius 3 is 2.86 bits per heavy atom. The topological polar surface area (TPSA) is 26.3 Å². The third kappa shape index (κ3) is 2.66. The Hall–Kier alpha value is -0.170. The number of esters is 1. The number of benzene rings is 1. The first-order chi connectivity index (χ1) is 6.56. The SMILES string of the molecule is CCOC(=O)c1cc(Br)cc(I)c1F.